The van der Waals surface area contributed by atoms with Crippen LogP contribution in [0.4, 0.5) is 0 Å². The molecular formula is C29H32ClN3O2. The zero-order valence-electron chi connectivity index (χ0n) is 20.4. The second kappa shape index (κ2) is 11.9. The summed E-state index contributed by atoms with van der Waals surface area (Å²) >= 11 is 5.97. The fourth-order valence-corrected chi connectivity index (χ4v) is 4.54. The Labute approximate surface area is 212 Å². The molecule has 0 aliphatic rings. The summed E-state index contributed by atoms with van der Waals surface area (Å²) in [6.07, 6.45) is 3.83. The Kier molecular flexibility index (Phi) is 8.43. The number of carbonyl (C=O) groups is 1. The molecule has 0 saturated heterocycles. The summed E-state index contributed by atoms with van der Waals surface area (Å²) in [5, 5.41) is 3.54. The summed E-state index contributed by atoms with van der Waals surface area (Å²) in [6.45, 7) is 6.15. The van der Waals surface area contributed by atoms with Crippen LogP contribution in [0.15, 0.2) is 66.7 Å². The van der Waals surface area contributed by atoms with Crippen LogP contribution in [-0.4, -0.2) is 28.6 Å². The number of nitrogens with zero attached hydrogens (tertiary/aromatic N) is 2. The third-order valence-corrected chi connectivity index (χ3v) is 6.39. The second-order valence-corrected chi connectivity index (χ2v) is 9.25. The van der Waals surface area contributed by atoms with Crippen LogP contribution in [0.5, 0.6) is 5.75 Å². The van der Waals surface area contributed by atoms with E-state index in [0.29, 0.717) is 23.7 Å². The van der Waals surface area contributed by atoms with Crippen molar-refractivity contribution in [1.82, 2.24) is 14.9 Å². The quantitative estimate of drug-likeness (QED) is 0.244. The molecule has 3 aromatic carbocycles. The molecule has 35 heavy (non-hydrogen) atoms. The number of aromatic nitrogens is 2. The Bertz CT molecular complexity index is 1280. The van der Waals surface area contributed by atoms with E-state index in [9.17, 15) is 4.79 Å². The number of halogens is 1. The first kappa shape index (κ1) is 24.8. The molecule has 4 aromatic rings. The average Bonchev–Trinajstić information content (AvgIpc) is 3.20. The number of fused-ring (bicyclic) bond motifs is 1. The smallest absolute Gasteiger partial charge is 0.251 e. The first-order valence-corrected chi connectivity index (χ1v) is 12.6. The van der Waals surface area contributed by atoms with Gasteiger partial charge in [-0.05, 0) is 68.1 Å². The maximum Gasteiger partial charge on any atom is 0.251 e. The fourth-order valence-electron chi connectivity index (χ4n) is 4.35. The van der Waals surface area contributed by atoms with Gasteiger partial charge < -0.3 is 14.6 Å². The third kappa shape index (κ3) is 6.43. The summed E-state index contributed by atoms with van der Waals surface area (Å²) in [5.41, 5.74) is 5.06. The number of carbonyl (C=O) groups excluding carboxylic acids is 1. The molecule has 4 rings (SSSR count). The zero-order chi connectivity index (χ0) is 24.6. The highest BCUT2D eigenvalue weighted by molar-refractivity contribution is 6.30. The number of unbranched alkanes of at least 4 members (excludes halogenated alkanes) is 2. The predicted octanol–water partition coefficient (Wildman–Crippen LogP) is 6.53. The molecule has 0 aliphatic carbocycles. The first-order valence-electron chi connectivity index (χ1n) is 12.2. The number of para-hydroxylation sites is 3. The Morgan fingerprint density at radius 2 is 1.74 bits per heavy atom. The second-order valence-electron chi connectivity index (χ2n) is 8.81. The van der Waals surface area contributed by atoms with Gasteiger partial charge in [-0.25, -0.2) is 4.98 Å². The van der Waals surface area contributed by atoms with Crippen molar-refractivity contribution < 1.29 is 9.53 Å². The van der Waals surface area contributed by atoms with Gasteiger partial charge in [0.15, 0.2) is 0 Å². The van der Waals surface area contributed by atoms with Crippen LogP contribution in [0, 0.1) is 13.8 Å². The van der Waals surface area contributed by atoms with E-state index in [1.54, 1.807) is 24.3 Å². The number of aryl methyl sites for hydroxylation is 3. The SMILES string of the molecule is Cc1cccc(C)c1OCCn1c(CCCCCNC(=O)c2cccc(Cl)c2)nc2ccccc21. The summed E-state index contributed by atoms with van der Waals surface area (Å²) in [7, 11) is 0. The molecule has 1 N–H and O–H groups in total. The number of benzene rings is 3. The summed E-state index contributed by atoms with van der Waals surface area (Å²) < 4.78 is 8.45. The molecule has 0 radical (unpaired) electrons. The van der Waals surface area contributed by atoms with E-state index in [1.165, 1.54) is 0 Å². The topological polar surface area (TPSA) is 56.1 Å². The maximum absolute atomic E-state index is 12.2. The highest BCUT2D eigenvalue weighted by atomic mass is 35.5. The van der Waals surface area contributed by atoms with Gasteiger partial charge >= 0.3 is 0 Å². The van der Waals surface area contributed by atoms with Gasteiger partial charge in [0, 0.05) is 23.6 Å². The van der Waals surface area contributed by atoms with E-state index < -0.39 is 0 Å². The number of nitrogens with one attached hydrogen (secondary N) is 1. The zero-order valence-corrected chi connectivity index (χ0v) is 21.1. The number of hydrogen-bond donors (Lipinski definition) is 1. The van der Waals surface area contributed by atoms with Crippen LogP contribution in [0.1, 0.15) is 46.6 Å². The van der Waals surface area contributed by atoms with Gasteiger partial charge in [0.2, 0.25) is 0 Å². The van der Waals surface area contributed by atoms with Crippen LogP contribution in [-0.2, 0) is 13.0 Å². The molecule has 0 atom stereocenters. The summed E-state index contributed by atoms with van der Waals surface area (Å²) in [6, 6.07) is 21.5. The van der Waals surface area contributed by atoms with E-state index in [1.807, 2.05) is 6.07 Å². The van der Waals surface area contributed by atoms with E-state index in [-0.39, 0.29) is 5.91 Å². The molecule has 182 valence electrons. The minimum atomic E-state index is -0.0850. The monoisotopic (exact) mass is 489 g/mol. The lowest BCUT2D eigenvalue weighted by Crippen LogP contribution is -2.24. The van der Waals surface area contributed by atoms with Crippen LogP contribution in [0.25, 0.3) is 11.0 Å². The average molecular weight is 490 g/mol. The first-order chi connectivity index (χ1) is 17.0. The summed E-state index contributed by atoms with van der Waals surface area (Å²) in [5.74, 6) is 1.97. The highest BCUT2D eigenvalue weighted by Gasteiger charge is 2.11. The van der Waals surface area contributed by atoms with Crippen molar-refractivity contribution in [3.05, 3.63) is 94.3 Å². The normalized spacial score (nSPS) is 11.1. The molecule has 0 unspecified atom stereocenters. The molecule has 0 bridgehead atoms. The molecule has 1 aromatic heterocycles. The van der Waals surface area contributed by atoms with Crippen molar-refractivity contribution in [3.8, 4) is 5.75 Å². The van der Waals surface area contributed by atoms with Crippen molar-refractivity contribution in [1.29, 1.82) is 0 Å². The van der Waals surface area contributed by atoms with Crippen LogP contribution < -0.4 is 10.1 Å². The summed E-state index contributed by atoms with van der Waals surface area (Å²) in [4.78, 5) is 17.1. The van der Waals surface area contributed by atoms with Crippen LogP contribution in [0.3, 0.4) is 0 Å². The van der Waals surface area contributed by atoms with Crippen molar-refractivity contribution in [2.24, 2.45) is 0 Å². The number of imidazole rings is 1. The Balaban J connectivity index is 1.29. The highest BCUT2D eigenvalue weighted by Crippen LogP contribution is 2.23. The van der Waals surface area contributed by atoms with Gasteiger partial charge in [0.25, 0.3) is 5.91 Å². The molecule has 1 heterocycles. The van der Waals surface area contributed by atoms with E-state index in [0.717, 1.165) is 66.0 Å². The largest absolute Gasteiger partial charge is 0.491 e. The maximum atomic E-state index is 12.2. The fraction of sp³-hybridized carbons (Fsp3) is 0.310. The Morgan fingerprint density at radius 1 is 0.971 bits per heavy atom. The minimum Gasteiger partial charge on any atom is -0.491 e. The Morgan fingerprint density at radius 3 is 2.54 bits per heavy atom. The minimum absolute atomic E-state index is 0.0850. The van der Waals surface area contributed by atoms with Gasteiger partial charge in [-0.15, -0.1) is 0 Å². The van der Waals surface area contributed by atoms with Crippen LogP contribution >= 0.6 is 11.6 Å². The lowest BCUT2D eigenvalue weighted by atomic mass is 10.1. The lowest BCUT2D eigenvalue weighted by molar-refractivity contribution is 0.0953. The molecule has 0 aliphatic heterocycles. The van der Waals surface area contributed by atoms with Crippen molar-refractivity contribution in [3.63, 3.8) is 0 Å². The van der Waals surface area contributed by atoms with Gasteiger partial charge in [-0.1, -0.05) is 54.4 Å². The van der Waals surface area contributed by atoms with E-state index >= 15 is 0 Å². The third-order valence-electron chi connectivity index (χ3n) is 6.15. The molecule has 0 fully saturated rings. The number of amides is 1. The van der Waals surface area contributed by atoms with Crippen molar-refractivity contribution >= 4 is 28.5 Å². The Hall–Kier alpha value is -3.31. The molecule has 0 saturated carbocycles. The van der Waals surface area contributed by atoms with Crippen LogP contribution in [0.2, 0.25) is 5.02 Å². The number of hydrogen-bond acceptors (Lipinski definition) is 3. The van der Waals surface area contributed by atoms with Gasteiger partial charge in [0.1, 0.15) is 18.2 Å². The number of ether oxygens (including phenoxy) is 1. The molecule has 0 spiro atoms. The van der Waals surface area contributed by atoms with Gasteiger partial charge in [0.05, 0.1) is 17.6 Å². The van der Waals surface area contributed by atoms with Crippen molar-refractivity contribution in [2.75, 3.05) is 13.2 Å². The number of rotatable bonds is 11. The van der Waals surface area contributed by atoms with E-state index in [4.69, 9.17) is 21.3 Å². The predicted molar refractivity (Wildman–Crippen MR) is 142 cm³/mol. The van der Waals surface area contributed by atoms with Crippen molar-refractivity contribution in [2.45, 2.75) is 46.1 Å². The molecule has 1 amide bonds. The lowest BCUT2D eigenvalue weighted by Gasteiger charge is -2.14. The standard InChI is InChI=1S/C29H32ClN3O2/c1-21-10-8-11-22(2)28(21)35-19-18-33-26-15-6-5-14-25(26)32-27(33)16-4-3-7-17-31-29(34)23-12-9-13-24(30)20-23/h5-6,8-15,20H,3-4,7,16-19H2,1-2H3,(H,31,34). The molecule has 6 heteroatoms. The van der Waals surface area contributed by atoms with Gasteiger partial charge in [-0.2, -0.15) is 0 Å². The van der Waals surface area contributed by atoms with E-state index in [2.05, 4.69) is 60.1 Å². The molecular weight excluding hydrogens is 458 g/mol. The molecule has 5 nitrogen and oxygen atoms in total. The van der Waals surface area contributed by atoms with Gasteiger partial charge in [-0.3, -0.25) is 4.79 Å².